The third-order valence-electron chi connectivity index (χ3n) is 4.01. The Bertz CT molecular complexity index is 835. The summed E-state index contributed by atoms with van der Waals surface area (Å²) in [6.07, 6.45) is 1.75. The van der Waals surface area contributed by atoms with Crippen LogP contribution in [0.5, 0.6) is 5.75 Å². The van der Waals surface area contributed by atoms with Crippen LogP contribution in [0.1, 0.15) is 16.7 Å². The van der Waals surface area contributed by atoms with E-state index in [1.54, 1.807) is 13.3 Å². The highest BCUT2D eigenvalue weighted by atomic mass is 16.5. The van der Waals surface area contributed by atoms with Crippen LogP contribution in [0.4, 0.5) is 11.8 Å². The molecule has 0 radical (unpaired) electrons. The topological polar surface area (TPSA) is 59.1 Å². The summed E-state index contributed by atoms with van der Waals surface area (Å²) < 4.78 is 5.36. The molecule has 0 fully saturated rings. The van der Waals surface area contributed by atoms with E-state index in [0.717, 1.165) is 23.7 Å². The number of ether oxygens (including phenoxy) is 1. The predicted octanol–water partition coefficient (Wildman–Crippen LogP) is 4.02. The predicted molar refractivity (Wildman–Crippen MR) is 101 cm³/mol. The number of para-hydroxylation sites is 1. The average molecular weight is 334 g/mol. The minimum Gasteiger partial charge on any atom is -0.496 e. The molecule has 0 spiro atoms. The molecule has 0 aliphatic rings. The lowest BCUT2D eigenvalue weighted by Crippen LogP contribution is -2.07. The molecular weight excluding hydrogens is 312 g/mol. The van der Waals surface area contributed by atoms with E-state index < -0.39 is 0 Å². The molecular formula is C20H22N4O. The van der Waals surface area contributed by atoms with E-state index in [0.29, 0.717) is 12.5 Å². The van der Waals surface area contributed by atoms with Gasteiger partial charge in [-0.2, -0.15) is 4.98 Å². The maximum atomic E-state index is 5.36. The van der Waals surface area contributed by atoms with Crippen LogP contribution in [0.25, 0.3) is 0 Å². The second-order valence-corrected chi connectivity index (χ2v) is 5.71. The summed E-state index contributed by atoms with van der Waals surface area (Å²) in [5.74, 6) is 2.23. The Hall–Kier alpha value is -3.08. The van der Waals surface area contributed by atoms with Gasteiger partial charge in [-0.25, -0.2) is 4.98 Å². The number of hydrogen-bond acceptors (Lipinski definition) is 5. The molecule has 0 aliphatic carbocycles. The molecule has 5 heteroatoms. The summed E-state index contributed by atoms with van der Waals surface area (Å²) in [6.45, 7) is 3.44. The minimum atomic E-state index is 0.584. The molecule has 0 aliphatic heterocycles. The fourth-order valence-electron chi connectivity index (χ4n) is 2.56. The Balaban J connectivity index is 1.62. The van der Waals surface area contributed by atoms with Crippen LogP contribution >= 0.6 is 0 Å². The zero-order valence-electron chi connectivity index (χ0n) is 14.5. The largest absolute Gasteiger partial charge is 0.496 e. The number of hydrogen-bond donors (Lipinski definition) is 2. The zero-order valence-corrected chi connectivity index (χ0v) is 14.5. The normalized spacial score (nSPS) is 10.3. The van der Waals surface area contributed by atoms with Crippen LogP contribution in [0.2, 0.25) is 0 Å². The van der Waals surface area contributed by atoms with E-state index >= 15 is 0 Å². The molecule has 2 N–H and O–H groups in total. The van der Waals surface area contributed by atoms with E-state index in [1.165, 1.54) is 11.1 Å². The third kappa shape index (κ3) is 4.47. The quantitative estimate of drug-likeness (QED) is 0.683. The summed E-state index contributed by atoms with van der Waals surface area (Å²) in [4.78, 5) is 8.79. The zero-order chi connectivity index (χ0) is 17.5. The number of rotatable bonds is 7. The van der Waals surface area contributed by atoms with Gasteiger partial charge in [0.1, 0.15) is 11.6 Å². The van der Waals surface area contributed by atoms with Gasteiger partial charge < -0.3 is 15.4 Å². The van der Waals surface area contributed by atoms with Gasteiger partial charge in [0.15, 0.2) is 0 Å². The monoisotopic (exact) mass is 334 g/mol. The Morgan fingerprint density at radius 3 is 2.40 bits per heavy atom. The van der Waals surface area contributed by atoms with Gasteiger partial charge in [-0.05, 0) is 30.2 Å². The van der Waals surface area contributed by atoms with Crippen molar-refractivity contribution in [2.75, 3.05) is 17.7 Å². The fraction of sp³-hybridized carbons (Fsp3) is 0.200. The molecule has 0 atom stereocenters. The number of aromatic nitrogens is 2. The van der Waals surface area contributed by atoms with Gasteiger partial charge in [-0.1, -0.05) is 42.5 Å². The molecule has 3 rings (SSSR count). The number of nitrogens with zero attached hydrogens (tertiary/aromatic N) is 2. The summed E-state index contributed by atoms with van der Waals surface area (Å²) in [6, 6.07) is 18.1. The van der Waals surface area contributed by atoms with Crippen LogP contribution < -0.4 is 15.4 Å². The lowest BCUT2D eigenvalue weighted by Gasteiger charge is -2.11. The van der Waals surface area contributed by atoms with Crippen molar-refractivity contribution < 1.29 is 4.74 Å². The molecule has 1 heterocycles. The second kappa shape index (κ2) is 8.15. The number of methoxy groups -OCH3 is 1. The van der Waals surface area contributed by atoms with Crippen molar-refractivity contribution in [3.05, 3.63) is 77.5 Å². The summed E-state index contributed by atoms with van der Waals surface area (Å²) in [5.41, 5.74) is 3.58. The maximum absolute atomic E-state index is 5.36. The van der Waals surface area contributed by atoms with Crippen molar-refractivity contribution in [2.24, 2.45) is 0 Å². The Morgan fingerprint density at radius 1 is 0.880 bits per heavy atom. The Labute approximate surface area is 148 Å². The van der Waals surface area contributed by atoms with E-state index in [1.807, 2.05) is 42.5 Å². The average Bonchev–Trinajstić information content (AvgIpc) is 2.66. The van der Waals surface area contributed by atoms with Gasteiger partial charge in [0, 0.05) is 24.8 Å². The first-order valence-electron chi connectivity index (χ1n) is 8.23. The molecule has 0 amide bonds. The fourth-order valence-corrected chi connectivity index (χ4v) is 2.56. The van der Waals surface area contributed by atoms with Crippen LogP contribution in [0.3, 0.4) is 0 Å². The molecule has 3 aromatic rings. The van der Waals surface area contributed by atoms with Gasteiger partial charge in [-0.15, -0.1) is 0 Å². The Morgan fingerprint density at radius 2 is 1.60 bits per heavy atom. The summed E-state index contributed by atoms with van der Waals surface area (Å²) in [7, 11) is 1.67. The Kier molecular flexibility index (Phi) is 5.46. The van der Waals surface area contributed by atoms with E-state index in [2.05, 4.69) is 39.7 Å². The molecule has 0 saturated carbocycles. The molecule has 128 valence electrons. The first-order chi connectivity index (χ1) is 12.3. The van der Waals surface area contributed by atoms with E-state index in [-0.39, 0.29) is 0 Å². The standard InChI is InChI=1S/C20H22N4O/c1-15-7-3-4-8-16(15)13-22-19-11-12-21-20(24-19)23-14-17-9-5-6-10-18(17)25-2/h3-12H,13-14H2,1-2H3,(H2,21,22,23,24). The third-order valence-corrected chi connectivity index (χ3v) is 4.01. The van der Waals surface area contributed by atoms with E-state index in [9.17, 15) is 0 Å². The van der Waals surface area contributed by atoms with Crippen molar-refractivity contribution in [3.63, 3.8) is 0 Å². The van der Waals surface area contributed by atoms with Crippen molar-refractivity contribution in [1.82, 2.24) is 9.97 Å². The number of anilines is 2. The van der Waals surface area contributed by atoms with Crippen LogP contribution in [-0.4, -0.2) is 17.1 Å². The van der Waals surface area contributed by atoms with Gasteiger partial charge in [0.2, 0.25) is 5.95 Å². The molecule has 25 heavy (non-hydrogen) atoms. The highest BCUT2D eigenvalue weighted by Gasteiger charge is 2.04. The minimum absolute atomic E-state index is 0.584. The highest BCUT2D eigenvalue weighted by molar-refractivity contribution is 5.42. The van der Waals surface area contributed by atoms with Gasteiger partial charge >= 0.3 is 0 Å². The smallest absolute Gasteiger partial charge is 0.224 e. The van der Waals surface area contributed by atoms with Gasteiger partial charge in [-0.3, -0.25) is 0 Å². The van der Waals surface area contributed by atoms with Gasteiger partial charge in [0.25, 0.3) is 0 Å². The number of aryl methyl sites for hydroxylation is 1. The molecule has 5 nitrogen and oxygen atoms in total. The number of benzene rings is 2. The lowest BCUT2D eigenvalue weighted by molar-refractivity contribution is 0.410. The lowest BCUT2D eigenvalue weighted by atomic mass is 10.1. The first-order valence-corrected chi connectivity index (χ1v) is 8.23. The van der Waals surface area contributed by atoms with Crippen molar-refractivity contribution in [3.8, 4) is 5.75 Å². The first kappa shape index (κ1) is 16.8. The van der Waals surface area contributed by atoms with E-state index in [4.69, 9.17) is 4.74 Å². The van der Waals surface area contributed by atoms with Crippen molar-refractivity contribution in [1.29, 1.82) is 0 Å². The molecule has 0 saturated heterocycles. The van der Waals surface area contributed by atoms with Crippen LogP contribution in [-0.2, 0) is 13.1 Å². The van der Waals surface area contributed by atoms with Crippen LogP contribution in [0, 0.1) is 6.92 Å². The van der Waals surface area contributed by atoms with Gasteiger partial charge in [0.05, 0.1) is 7.11 Å². The molecule has 0 unspecified atom stereocenters. The summed E-state index contributed by atoms with van der Waals surface area (Å²) in [5, 5.41) is 6.59. The second-order valence-electron chi connectivity index (χ2n) is 5.71. The molecule has 2 aromatic carbocycles. The molecule has 0 bridgehead atoms. The van der Waals surface area contributed by atoms with Crippen molar-refractivity contribution in [2.45, 2.75) is 20.0 Å². The number of nitrogens with one attached hydrogen (secondary N) is 2. The van der Waals surface area contributed by atoms with Crippen molar-refractivity contribution >= 4 is 11.8 Å². The SMILES string of the molecule is COc1ccccc1CNc1nccc(NCc2ccccc2C)n1. The maximum Gasteiger partial charge on any atom is 0.224 e. The highest BCUT2D eigenvalue weighted by Crippen LogP contribution is 2.18. The summed E-state index contributed by atoms with van der Waals surface area (Å²) >= 11 is 0. The molecule has 1 aromatic heterocycles. The van der Waals surface area contributed by atoms with Crippen LogP contribution in [0.15, 0.2) is 60.8 Å².